The maximum atomic E-state index is 13.5. The number of methoxy groups -OCH3 is 1. The van der Waals surface area contributed by atoms with Crippen molar-refractivity contribution in [2.75, 3.05) is 13.7 Å². The standard InChI is InChI=1S/C23H21F6NO5/c1-3-4-9-30-18-8-5-13(21(33,22(24,25)26)23(27,28)29)10-17(18)16-11-14(35-12-19(31)34-2)6-7-15(16)20(30)32/h5-8,10-11,33H,3-4,9,12H2,1-2H3. The van der Waals surface area contributed by atoms with E-state index >= 15 is 0 Å². The van der Waals surface area contributed by atoms with Crippen LogP contribution in [0.3, 0.4) is 0 Å². The molecule has 0 saturated heterocycles. The quantitative estimate of drug-likeness (QED) is 0.283. The summed E-state index contributed by atoms with van der Waals surface area (Å²) < 4.78 is 92.0. The number of alkyl halides is 6. The molecule has 0 radical (unpaired) electrons. The van der Waals surface area contributed by atoms with Gasteiger partial charge in [0.25, 0.3) is 11.2 Å². The van der Waals surface area contributed by atoms with Crippen molar-refractivity contribution in [3.8, 4) is 5.75 Å². The van der Waals surface area contributed by atoms with Gasteiger partial charge in [0, 0.05) is 28.3 Å². The molecule has 0 amide bonds. The molecule has 0 aliphatic heterocycles. The van der Waals surface area contributed by atoms with Gasteiger partial charge in [-0.3, -0.25) is 4.79 Å². The number of fused-ring (bicyclic) bond motifs is 3. The largest absolute Gasteiger partial charge is 0.482 e. The van der Waals surface area contributed by atoms with Crippen LogP contribution in [-0.2, 0) is 21.7 Å². The number of hydrogen-bond donors (Lipinski definition) is 1. The Morgan fingerprint density at radius 3 is 2.20 bits per heavy atom. The summed E-state index contributed by atoms with van der Waals surface area (Å²) in [6.45, 7) is 1.51. The molecular formula is C23H21F6NO5. The molecule has 35 heavy (non-hydrogen) atoms. The molecule has 0 saturated carbocycles. The summed E-state index contributed by atoms with van der Waals surface area (Å²) in [4.78, 5) is 24.5. The molecule has 3 aromatic rings. The molecule has 3 rings (SSSR count). The van der Waals surface area contributed by atoms with Crippen molar-refractivity contribution >= 4 is 27.6 Å². The van der Waals surface area contributed by atoms with Crippen LogP contribution in [0, 0.1) is 0 Å². The Balaban J connectivity index is 2.37. The summed E-state index contributed by atoms with van der Waals surface area (Å²) in [6, 6.07) is 5.91. The van der Waals surface area contributed by atoms with Crippen molar-refractivity contribution < 1.29 is 45.7 Å². The number of nitrogens with zero attached hydrogens (tertiary/aromatic N) is 1. The molecule has 190 valence electrons. The Labute approximate surface area is 194 Å². The summed E-state index contributed by atoms with van der Waals surface area (Å²) in [6.07, 6.45) is -10.9. The van der Waals surface area contributed by atoms with Crippen LogP contribution in [0.25, 0.3) is 21.7 Å². The number of aliphatic hydroxyl groups is 1. The molecule has 0 fully saturated rings. The highest BCUT2D eigenvalue weighted by molar-refractivity contribution is 6.06. The number of unbranched alkanes of at least 4 members (excludes halogenated alkanes) is 1. The first-order chi connectivity index (χ1) is 16.3. The minimum Gasteiger partial charge on any atom is -0.482 e. The second-order valence-corrected chi connectivity index (χ2v) is 7.82. The van der Waals surface area contributed by atoms with Crippen LogP contribution in [0.2, 0.25) is 0 Å². The zero-order valence-corrected chi connectivity index (χ0v) is 18.6. The maximum Gasteiger partial charge on any atom is 0.430 e. The van der Waals surface area contributed by atoms with E-state index in [1.165, 1.54) is 22.8 Å². The van der Waals surface area contributed by atoms with Gasteiger partial charge >= 0.3 is 18.3 Å². The van der Waals surface area contributed by atoms with E-state index in [2.05, 4.69) is 4.74 Å². The number of benzene rings is 2. The molecule has 12 heteroatoms. The predicted octanol–water partition coefficient (Wildman–Crippen LogP) is 4.82. The third kappa shape index (κ3) is 4.66. The molecule has 0 aliphatic rings. The first-order valence-corrected chi connectivity index (χ1v) is 10.4. The Morgan fingerprint density at radius 2 is 1.63 bits per heavy atom. The number of hydrogen-bond acceptors (Lipinski definition) is 5. The van der Waals surface area contributed by atoms with E-state index in [0.717, 1.165) is 13.2 Å². The molecule has 0 spiro atoms. The van der Waals surface area contributed by atoms with E-state index in [0.29, 0.717) is 25.0 Å². The van der Waals surface area contributed by atoms with Gasteiger partial charge in [0.1, 0.15) is 5.75 Å². The molecule has 6 nitrogen and oxygen atoms in total. The average Bonchev–Trinajstić information content (AvgIpc) is 2.80. The number of aryl methyl sites for hydroxylation is 1. The molecule has 0 unspecified atom stereocenters. The summed E-state index contributed by atoms with van der Waals surface area (Å²) >= 11 is 0. The number of pyridine rings is 1. The Hall–Kier alpha value is -3.28. The van der Waals surface area contributed by atoms with Gasteiger partial charge in [0.2, 0.25) is 0 Å². The lowest BCUT2D eigenvalue weighted by Crippen LogP contribution is -2.53. The minimum absolute atomic E-state index is 0.00587. The lowest BCUT2D eigenvalue weighted by atomic mass is 9.90. The number of carbonyl (C=O) groups excluding carboxylic acids is 1. The van der Waals surface area contributed by atoms with Gasteiger partial charge in [-0.1, -0.05) is 19.4 Å². The number of rotatable bonds is 7. The highest BCUT2D eigenvalue weighted by atomic mass is 19.4. The number of carbonyl (C=O) groups is 1. The normalized spacial score (nSPS) is 12.8. The van der Waals surface area contributed by atoms with E-state index in [-0.39, 0.29) is 34.0 Å². The van der Waals surface area contributed by atoms with Gasteiger partial charge in [-0.05, 0) is 36.8 Å². The first-order valence-electron chi connectivity index (χ1n) is 10.4. The summed E-state index contributed by atoms with van der Waals surface area (Å²) in [7, 11) is 1.13. The van der Waals surface area contributed by atoms with Crippen LogP contribution in [0.1, 0.15) is 25.3 Å². The van der Waals surface area contributed by atoms with Crippen molar-refractivity contribution in [3.63, 3.8) is 0 Å². The minimum atomic E-state index is -6.07. The fourth-order valence-corrected chi connectivity index (χ4v) is 3.72. The van der Waals surface area contributed by atoms with Gasteiger partial charge in [-0.15, -0.1) is 0 Å². The van der Waals surface area contributed by atoms with E-state index in [1.54, 1.807) is 0 Å². The third-order valence-corrected chi connectivity index (χ3v) is 5.60. The third-order valence-electron chi connectivity index (χ3n) is 5.60. The molecule has 2 aromatic carbocycles. The Kier molecular flexibility index (Phi) is 7.07. The predicted molar refractivity (Wildman–Crippen MR) is 114 cm³/mol. The van der Waals surface area contributed by atoms with Gasteiger partial charge < -0.3 is 19.1 Å². The van der Waals surface area contributed by atoms with Crippen LogP contribution in [-0.4, -0.2) is 41.7 Å². The SMILES string of the molecule is CCCCn1c(=O)c2ccc(OCC(=O)OC)cc2c2cc(C(O)(C(F)(F)F)C(F)(F)F)ccc21. The average molecular weight is 505 g/mol. The van der Waals surface area contributed by atoms with Crippen molar-refractivity contribution in [3.05, 3.63) is 52.3 Å². The fraction of sp³-hybridized carbons (Fsp3) is 0.391. The Bertz CT molecular complexity index is 1300. The van der Waals surface area contributed by atoms with E-state index in [4.69, 9.17) is 4.74 Å². The van der Waals surface area contributed by atoms with Crippen LogP contribution in [0.4, 0.5) is 26.3 Å². The zero-order valence-electron chi connectivity index (χ0n) is 18.6. The molecule has 0 bridgehead atoms. The topological polar surface area (TPSA) is 77.8 Å². The summed E-state index contributed by atoms with van der Waals surface area (Å²) in [5, 5.41) is 9.76. The fourth-order valence-electron chi connectivity index (χ4n) is 3.72. The molecule has 1 aromatic heterocycles. The van der Waals surface area contributed by atoms with Crippen molar-refractivity contribution in [2.24, 2.45) is 0 Å². The van der Waals surface area contributed by atoms with E-state index < -0.39 is 41.7 Å². The summed E-state index contributed by atoms with van der Waals surface area (Å²) in [5.41, 5.74) is -7.01. The zero-order chi connectivity index (χ0) is 26.2. The number of esters is 1. The maximum absolute atomic E-state index is 13.5. The van der Waals surface area contributed by atoms with Crippen molar-refractivity contribution in [1.82, 2.24) is 4.57 Å². The number of aromatic nitrogens is 1. The van der Waals surface area contributed by atoms with Crippen LogP contribution >= 0.6 is 0 Å². The number of halogens is 6. The van der Waals surface area contributed by atoms with Crippen molar-refractivity contribution in [1.29, 1.82) is 0 Å². The molecule has 0 aliphatic carbocycles. The lowest BCUT2D eigenvalue weighted by Gasteiger charge is -2.33. The van der Waals surface area contributed by atoms with Crippen LogP contribution < -0.4 is 10.3 Å². The molecular weight excluding hydrogens is 484 g/mol. The van der Waals surface area contributed by atoms with E-state index in [9.17, 15) is 41.0 Å². The highest BCUT2D eigenvalue weighted by Gasteiger charge is 2.71. The second kappa shape index (κ2) is 9.40. The smallest absolute Gasteiger partial charge is 0.430 e. The van der Waals surface area contributed by atoms with Gasteiger partial charge in [-0.25, -0.2) is 4.79 Å². The Morgan fingerprint density at radius 1 is 0.971 bits per heavy atom. The van der Waals surface area contributed by atoms with Gasteiger partial charge in [0.15, 0.2) is 6.61 Å². The molecule has 1 heterocycles. The van der Waals surface area contributed by atoms with Crippen molar-refractivity contribution in [2.45, 2.75) is 44.3 Å². The van der Waals surface area contributed by atoms with Crippen LogP contribution in [0.15, 0.2) is 41.2 Å². The lowest BCUT2D eigenvalue weighted by molar-refractivity contribution is -0.376. The van der Waals surface area contributed by atoms with Gasteiger partial charge in [-0.2, -0.15) is 26.3 Å². The van der Waals surface area contributed by atoms with E-state index in [1.807, 2.05) is 6.92 Å². The highest BCUT2D eigenvalue weighted by Crippen LogP contribution is 2.50. The molecule has 0 atom stereocenters. The second-order valence-electron chi connectivity index (χ2n) is 7.82. The first kappa shape index (κ1) is 26.3. The number of ether oxygens (including phenoxy) is 2. The monoisotopic (exact) mass is 505 g/mol. The molecule has 1 N–H and O–H groups in total. The van der Waals surface area contributed by atoms with Gasteiger partial charge in [0.05, 0.1) is 12.6 Å². The van der Waals surface area contributed by atoms with Crippen LogP contribution in [0.5, 0.6) is 5.75 Å². The summed E-state index contributed by atoms with van der Waals surface area (Å²) in [5.74, 6) is -0.699.